The molecule has 3 fully saturated rings. The summed E-state index contributed by atoms with van der Waals surface area (Å²) in [6.07, 6.45) is 8.81. The quantitative estimate of drug-likeness (QED) is 0.212. The van der Waals surface area contributed by atoms with E-state index in [-0.39, 0.29) is 31.2 Å². The van der Waals surface area contributed by atoms with Gasteiger partial charge in [0.25, 0.3) is 11.8 Å². The molecule has 60 heavy (non-hydrogen) atoms. The number of carbonyl (C=O) groups is 4. The molecule has 5 atom stereocenters. The summed E-state index contributed by atoms with van der Waals surface area (Å²) in [6.45, 7) is 6.45. The van der Waals surface area contributed by atoms with Crippen LogP contribution in [0.15, 0.2) is 42.6 Å². The van der Waals surface area contributed by atoms with Gasteiger partial charge in [-0.25, -0.2) is 13.4 Å². The van der Waals surface area contributed by atoms with Gasteiger partial charge in [-0.05, 0) is 77.5 Å². The lowest BCUT2D eigenvalue weighted by Gasteiger charge is -2.29. The molecule has 3 N–H and O–H groups in total. The van der Waals surface area contributed by atoms with E-state index in [1.165, 1.54) is 4.90 Å². The van der Waals surface area contributed by atoms with E-state index >= 15 is 0 Å². The first-order chi connectivity index (χ1) is 28.7. The van der Waals surface area contributed by atoms with Crippen molar-refractivity contribution >= 4 is 44.6 Å². The van der Waals surface area contributed by atoms with E-state index in [1.807, 2.05) is 45.1 Å². The number of aryl methyl sites for hydroxylation is 1. The Morgan fingerprint density at radius 3 is 2.60 bits per heavy atom. The number of fused-ring (bicyclic) bond motifs is 3. The molecule has 4 aliphatic rings. The van der Waals surface area contributed by atoms with Gasteiger partial charge in [-0.1, -0.05) is 25.0 Å². The van der Waals surface area contributed by atoms with Crippen LogP contribution in [-0.4, -0.2) is 114 Å². The number of aromatic nitrogens is 3. The number of benzene rings is 1. The first kappa shape index (κ1) is 42.9. The Morgan fingerprint density at radius 2 is 1.87 bits per heavy atom. The topological polar surface area (TPSA) is 209 Å². The van der Waals surface area contributed by atoms with Crippen LogP contribution in [0.3, 0.4) is 0 Å². The molecule has 2 aliphatic carbocycles. The molecule has 4 amide bonds. The summed E-state index contributed by atoms with van der Waals surface area (Å²) in [7, 11) is -0.769. The maximum atomic E-state index is 14.8. The minimum Gasteiger partial charge on any atom is -0.496 e. The second kappa shape index (κ2) is 17.8. The van der Waals surface area contributed by atoms with E-state index in [1.54, 1.807) is 37.2 Å². The third kappa shape index (κ3) is 9.38. The van der Waals surface area contributed by atoms with E-state index < -0.39 is 68.5 Å². The van der Waals surface area contributed by atoms with Gasteiger partial charge in [-0.2, -0.15) is 5.10 Å². The van der Waals surface area contributed by atoms with Crippen LogP contribution < -0.4 is 29.6 Å². The lowest BCUT2D eigenvalue weighted by atomic mass is 10.0. The van der Waals surface area contributed by atoms with E-state index in [4.69, 9.17) is 23.9 Å². The molecular weight excluding hydrogens is 795 g/mol. The molecule has 0 radical (unpaired) electrons. The number of rotatable bonds is 13. The molecular formula is C42H55N7O10S. The summed E-state index contributed by atoms with van der Waals surface area (Å²) in [5.41, 5.74) is -0.0371. The average molecular weight is 850 g/mol. The zero-order chi connectivity index (χ0) is 42.8. The van der Waals surface area contributed by atoms with Crippen LogP contribution in [0, 0.1) is 12.8 Å². The van der Waals surface area contributed by atoms with Crippen LogP contribution >= 0.6 is 0 Å². The Bertz CT molecular complexity index is 2260. The van der Waals surface area contributed by atoms with Gasteiger partial charge in [0, 0.05) is 42.7 Å². The predicted molar refractivity (Wildman–Crippen MR) is 220 cm³/mol. The summed E-state index contributed by atoms with van der Waals surface area (Å²) in [4.78, 5) is 63.1. The Kier molecular flexibility index (Phi) is 12.7. The van der Waals surface area contributed by atoms with Crippen molar-refractivity contribution < 1.29 is 46.5 Å². The number of carbonyl (C=O) groups excluding carboxylic acids is 4. The normalized spacial score (nSPS) is 25.3. The fourth-order valence-corrected chi connectivity index (χ4v) is 9.39. The monoisotopic (exact) mass is 849 g/mol. The largest absolute Gasteiger partial charge is 0.496 e. The van der Waals surface area contributed by atoms with Crippen LogP contribution in [0.2, 0.25) is 0 Å². The number of nitrogens with zero attached hydrogens (tertiary/aromatic N) is 4. The molecule has 3 aromatic rings. The highest BCUT2D eigenvalue weighted by atomic mass is 32.2. The molecule has 0 spiro atoms. The molecule has 0 bridgehead atoms. The number of nitrogens with one attached hydrogen (secondary N) is 3. The fraction of sp³-hybridized carbons (Fsp3) is 0.571. The number of hydrogen-bond donors (Lipinski definition) is 3. The zero-order valence-corrected chi connectivity index (χ0v) is 35.6. The molecule has 0 unspecified atom stereocenters. The lowest BCUT2D eigenvalue weighted by molar-refractivity contribution is -0.141. The molecule has 1 saturated heterocycles. The number of ether oxygens (including phenoxy) is 4. The van der Waals surface area contributed by atoms with Crippen LogP contribution in [0.5, 0.6) is 17.4 Å². The van der Waals surface area contributed by atoms with Gasteiger partial charge >= 0.3 is 0 Å². The molecule has 1 aromatic carbocycles. The second-order valence-electron chi connectivity index (χ2n) is 16.4. The minimum absolute atomic E-state index is 0.0278. The number of hydrogen-bond acceptors (Lipinski definition) is 12. The first-order valence-electron chi connectivity index (χ1n) is 20.7. The zero-order valence-electron chi connectivity index (χ0n) is 34.8. The third-order valence-electron chi connectivity index (χ3n) is 11.5. The third-order valence-corrected chi connectivity index (χ3v) is 13.4. The van der Waals surface area contributed by atoms with Gasteiger partial charge in [0.05, 0.1) is 43.7 Å². The molecule has 2 aromatic heterocycles. The van der Waals surface area contributed by atoms with Crippen LogP contribution in [-0.2, 0) is 35.7 Å². The summed E-state index contributed by atoms with van der Waals surface area (Å²) in [5, 5.41) is 10.2. The summed E-state index contributed by atoms with van der Waals surface area (Å²) in [5.74, 6) is -1.55. The molecule has 4 heterocycles. The van der Waals surface area contributed by atoms with Crippen molar-refractivity contribution in [1.82, 2.24) is 35.0 Å². The first-order valence-corrected chi connectivity index (χ1v) is 22.3. The minimum atomic E-state index is -3.92. The second-order valence-corrected chi connectivity index (χ2v) is 18.4. The Balaban J connectivity index is 1.22. The van der Waals surface area contributed by atoms with Gasteiger partial charge in [-0.3, -0.25) is 28.6 Å². The van der Waals surface area contributed by atoms with Crippen molar-refractivity contribution in [2.45, 2.75) is 120 Å². The SMILES string of the molecule is COCCn1ccc(C(=O)N[C@H]2CCCCC/C=C\[C@@H]3C[C@@]3(C(=O)NS(=O)(=O)C3CC3)NC(=O)[C@@H]3C[C@@H](Oc4cc(OC(C)C)nc5c(C)c(OC)ccc45)CN3C2=O)n1. The number of allylic oxidation sites excluding steroid dienone is 1. The van der Waals surface area contributed by atoms with Crippen LogP contribution in [0.4, 0.5) is 0 Å². The highest BCUT2D eigenvalue weighted by Crippen LogP contribution is 2.46. The maximum absolute atomic E-state index is 14.8. The van der Waals surface area contributed by atoms with E-state index in [2.05, 4.69) is 20.5 Å². The number of pyridine rings is 1. The van der Waals surface area contributed by atoms with Crippen molar-refractivity contribution in [2.75, 3.05) is 27.4 Å². The van der Waals surface area contributed by atoms with Crippen LogP contribution in [0.25, 0.3) is 10.9 Å². The Labute approximate surface area is 350 Å². The fourth-order valence-electron chi connectivity index (χ4n) is 8.03. The molecule has 18 heteroatoms. The van der Waals surface area contributed by atoms with Gasteiger partial charge in [0.2, 0.25) is 27.7 Å². The van der Waals surface area contributed by atoms with Crippen LogP contribution in [0.1, 0.15) is 87.7 Å². The van der Waals surface area contributed by atoms with Crippen molar-refractivity contribution in [2.24, 2.45) is 5.92 Å². The van der Waals surface area contributed by atoms with Gasteiger partial charge < -0.3 is 34.5 Å². The van der Waals surface area contributed by atoms with Crippen molar-refractivity contribution in [3.05, 3.63) is 53.9 Å². The summed E-state index contributed by atoms with van der Waals surface area (Å²) < 4.78 is 53.1. The lowest BCUT2D eigenvalue weighted by Crippen LogP contribution is -2.58. The summed E-state index contributed by atoms with van der Waals surface area (Å²) >= 11 is 0. The smallest absolute Gasteiger partial charge is 0.272 e. The van der Waals surface area contributed by atoms with E-state index in [9.17, 15) is 27.6 Å². The van der Waals surface area contributed by atoms with E-state index in [0.29, 0.717) is 73.5 Å². The Morgan fingerprint density at radius 1 is 1.07 bits per heavy atom. The predicted octanol–water partition coefficient (Wildman–Crippen LogP) is 3.33. The summed E-state index contributed by atoms with van der Waals surface area (Å²) in [6, 6.07) is 4.73. The number of sulfonamides is 1. The molecule has 2 saturated carbocycles. The molecule has 324 valence electrons. The number of amides is 4. The standard InChI is InChI=1S/C42H55N7O10S/c1-25(2)58-36-22-35(30-15-16-34(57-5)26(3)37(30)44-36)59-28-21-33-39(51)45-42(41(53)47-60(54,55)29-13-14-29)23-27(42)11-9-7-6-8-10-12-32(40(52)49(33)24-28)43-38(50)31-17-18-48(46-31)19-20-56-4/h9,11,15-18,22,25,27-29,32-33H,6-8,10,12-14,19-21,23-24H2,1-5H3,(H,43,50)(H,45,51)(H,47,53)/b11-9-/t27-,28-,32+,33+,42-/m1/s1. The maximum Gasteiger partial charge on any atom is 0.272 e. The van der Waals surface area contributed by atoms with Gasteiger partial charge in [-0.15, -0.1) is 0 Å². The number of methoxy groups -OCH3 is 2. The van der Waals surface area contributed by atoms with Crippen molar-refractivity contribution in [1.29, 1.82) is 0 Å². The molecule has 7 rings (SSSR count). The van der Waals surface area contributed by atoms with Gasteiger partial charge in [0.15, 0.2) is 0 Å². The highest BCUT2D eigenvalue weighted by molar-refractivity contribution is 7.91. The van der Waals surface area contributed by atoms with E-state index in [0.717, 1.165) is 18.4 Å². The molecule has 17 nitrogen and oxygen atoms in total. The highest BCUT2D eigenvalue weighted by Gasteiger charge is 2.62. The van der Waals surface area contributed by atoms with Crippen molar-refractivity contribution in [3.8, 4) is 17.4 Å². The average Bonchev–Trinajstić information content (AvgIpc) is 4.09. The van der Waals surface area contributed by atoms with Crippen molar-refractivity contribution in [3.63, 3.8) is 0 Å². The Hall–Kier alpha value is -5.23. The molecule has 2 aliphatic heterocycles. The van der Waals surface area contributed by atoms with Gasteiger partial charge in [0.1, 0.15) is 40.9 Å².